The van der Waals surface area contributed by atoms with Crippen LogP contribution in [-0.4, -0.2) is 22.6 Å². The molecule has 0 spiro atoms. The van der Waals surface area contributed by atoms with Crippen molar-refractivity contribution < 1.29 is 4.79 Å². The van der Waals surface area contributed by atoms with Crippen molar-refractivity contribution in [2.75, 3.05) is 12.3 Å². The van der Waals surface area contributed by atoms with Gasteiger partial charge in [0.1, 0.15) is 0 Å². The average Bonchev–Trinajstić information content (AvgIpc) is 2.95. The molecular formula is C12H15ClN4OS. The van der Waals surface area contributed by atoms with Crippen LogP contribution in [0, 0.1) is 0 Å². The molecular weight excluding hydrogens is 284 g/mol. The highest BCUT2D eigenvalue weighted by molar-refractivity contribution is 7.16. The largest absolute Gasteiger partial charge is 0.395 e. The topological polar surface area (TPSA) is 83.8 Å². The molecule has 0 atom stereocenters. The van der Waals surface area contributed by atoms with Crippen LogP contribution < -0.4 is 11.1 Å². The minimum atomic E-state index is -0.254. The number of hydrogen-bond donors (Lipinski definition) is 3. The molecule has 2 heterocycles. The average molecular weight is 299 g/mol. The van der Waals surface area contributed by atoms with Crippen molar-refractivity contribution in [2.45, 2.75) is 19.8 Å². The lowest BCUT2D eigenvalue weighted by molar-refractivity contribution is 0.0950. The number of anilines is 1. The van der Waals surface area contributed by atoms with Crippen molar-refractivity contribution >= 4 is 34.5 Å². The number of nitrogen functional groups attached to an aromatic ring is 1. The summed E-state index contributed by atoms with van der Waals surface area (Å²) in [5, 5.41) is 9.50. The SMILES string of the molecule is CCc1[nH]nc(C(=O)NCCc2ccc(Cl)s2)c1N. The van der Waals surface area contributed by atoms with Crippen LogP contribution in [0.15, 0.2) is 12.1 Å². The van der Waals surface area contributed by atoms with Crippen molar-refractivity contribution in [3.8, 4) is 0 Å². The summed E-state index contributed by atoms with van der Waals surface area (Å²) in [7, 11) is 0. The van der Waals surface area contributed by atoms with Gasteiger partial charge in [-0.15, -0.1) is 11.3 Å². The minimum Gasteiger partial charge on any atom is -0.395 e. The van der Waals surface area contributed by atoms with Crippen LogP contribution in [0.5, 0.6) is 0 Å². The Hall–Kier alpha value is -1.53. The summed E-state index contributed by atoms with van der Waals surface area (Å²) in [4.78, 5) is 13.0. The van der Waals surface area contributed by atoms with Gasteiger partial charge in [-0.05, 0) is 25.0 Å². The molecule has 0 aliphatic carbocycles. The number of hydrogen-bond acceptors (Lipinski definition) is 4. The van der Waals surface area contributed by atoms with Gasteiger partial charge >= 0.3 is 0 Å². The molecule has 0 radical (unpaired) electrons. The summed E-state index contributed by atoms with van der Waals surface area (Å²) < 4.78 is 0.755. The van der Waals surface area contributed by atoms with E-state index in [1.165, 1.54) is 11.3 Å². The highest BCUT2D eigenvalue weighted by Gasteiger charge is 2.15. The molecule has 102 valence electrons. The van der Waals surface area contributed by atoms with Crippen LogP contribution in [0.4, 0.5) is 5.69 Å². The number of thiophene rings is 1. The maximum absolute atomic E-state index is 11.9. The van der Waals surface area contributed by atoms with Crippen LogP contribution in [-0.2, 0) is 12.8 Å². The Morgan fingerprint density at radius 1 is 1.58 bits per heavy atom. The summed E-state index contributed by atoms with van der Waals surface area (Å²) in [6.07, 6.45) is 1.47. The molecule has 7 heteroatoms. The van der Waals surface area contributed by atoms with Crippen LogP contribution in [0.25, 0.3) is 0 Å². The van der Waals surface area contributed by atoms with E-state index in [-0.39, 0.29) is 11.6 Å². The predicted octanol–water partition coefficient (Wildman–Crippen LogP) is 2.24. The fourth-order valence-electron chi connectivity index (χ4n) is 1.70. The second kappa shape index (κ2) is 6.08. The number of carbonyl (C=O) groups excluding carboxylic acids is 1. The molecule has 5 nitrogen and oxygen atoms in total. The third-order valence-corrected chi connectivity index (χ3v) is 4.03. The van der Waals surface area contributed by atoms with Gasteiger partial charge in [0.25, 0.3) is 5.91 Å². The van der Waals surface area contributed by atoms with Gasteiger partial charge in [0.2, 0.25) is 0 Å². The van der Waals surface area contributed by atoms with Crippen LogP contribution in [0.1, 0.15) is 28.0 Å². The van der Waals surface area contributed by atoms with Crippen LogP contribution >= 0.6 is 22.9 Å². The molecule has 0 saturated heterocycles. The number of nitrogens with two attached hydrogens (primary N) is 1. The van der Waals surface area contributed by atoms with E-state index < -0.39 is 0 Å². The third kappa shape index (κ3) is 3.27. The standard InChI is InChI=1S/C12H15ClN4OS/c1-2-8-10(14)11(17-16-8)12(18)15-6-5-7-3-4-9(13)19-7/h3-4H,2,5-6,14H2,1H3,(H,15,18)(H,16,17). The number of nitrogens with zero attached hydrogens (tertiary/aromatic N) is 1. The number of aromatic nitrogens is 2. The number of carbonyl (C=O) groups is 1. The smallest absolute Gasteiger partial charge is 0.273 e. The normalized spacial score (nSPS) is 10.6. The van der Waals surface area contributed by atoms with E-state index in [4.69, 9.17) is 17.3 Å². The lowest BCUT2D eigenvalue weighted by atomic mass is 10.2. The fourth-order valence-corrected chi connectivity index (χ4v) is 2.79. The minimum absolute atomic E-state index is 0.254. The molecule has 0 aliphatic rings. The van der Waals surface area contributed by atoms with Gasteiger partial charge in [-0.3, -0.25) is 9.89 Å². The number of rotatable bonds is 5. The van der Waals surface area contributed by atoms with E-state index in [1.807, 2.05) is 19.1 Å². The third-order valence-electron chi connectivity index (χ3n) is 2.74. The molecule has 0 unspecified atom stereocenters. The maximum Gasteiger partial charge on any atom is 0.273 e. The van der Waals surface area contributed by atoms with Gasteiger partial charge in [-0.2, -0.15) is 5.10 Å². The van der Waals surface area contributed by atoms with Gasteiger partial charge < -0.3 is 11.1 Å². The number of halogens is 1. The zero-order valence-corrected chi connectivity index (χ0v) is 12.1. The molecule has 1 amide bonds. The summed E-state index contributed by atoms with van der Waals surface area (Å²) >= 11 is 7.35. The first-order valence-corrected chi connectivity index (χ1v) is 7.16. The fraction of sp³-hybridized carbons (Fsp3) is 0.333. The molecule has 2 aromatic rings. The quantitative estimate of drug-likeness (QED) is 0.791. The number of amides is 1. The van der Waals surface area contributed by atoms with Gasteiger partial charge in [0.15, 0.2) is 5.69 Å². The molecule has 0 fully saturated rings. The van der Waals surface area contributed by atoms with Gasteiger partial charge in [-0.1, -0.05) is 18.5 Å². The monoisotopic (exact) mass is 298 g/mol. The van der Waals surface area contributed by atoms with Crippen LogP contribution in [0.2, 0.25) is 4.34 Å². The van der Waals surface area contributed by atoms with Gasteiger partial charge in [-0.25, -0.2) is 0 Å². The first-order valence-electron chi connectivity index (χ1n) is 5.97. The van der Waals surface area contributed by atoms with E-state index >= 15 is 0 Å². The van der Waals surface area contributed by atoms with Crippen molar-refractivity contribution in [3.63, 3.8) is 0 Å². The van der Waals surface area contributed by atoms with E-state index in [1.54, 1.807) is 0 Å². The maximum atomic E-state index is 11.9. The highest BCUT2D eigenvalue weighted by Crippen LogP contribution is 2.21. The first-order chi connectivity index (χ1) is 9.11. The van der Waals surface area contributed by atoms with E-state index in [0.717, 1.165) is 27.7 Å². The summed E-state index contributed by atoms with van der Waals surface area (Å²) in [6, 6.07) is 3.81. The number of nitrogens with one attached hydrogen (secondary N) is 2. The zero-order valence-electron chi connectivity index (χ0n) is 10.5. The molecule has 2 rings (SSSR count). The second-order valence-electron chi connectivity index (χ2n) is 4.03. The van der Waals surface area contributed by atoms with E-state index in [0.29, 0.717) is 12.2 Å². The van der Waals surface area contributed by atoms with Crippen molar-refractivity contribution in [2.24, 2.45) is 0 Å². The summed E-state index contributed by atoms with van der Waals surface area (Å²) in [5.74, 6) is -0.254. The number of H-pyrrole nitrogens is 1. The summed E-state index contributed by atoms with van der Waals surface area (Å²) in [6.45, 7) is 2.48. The Morgan fingerprint density at radius 2 is 2.37 bits per heavy atom. The molecule has 0 aliphatic heterocycles. The Morgan fingerprint density at radius 3 is 2.95 bits per heavy atom. The van der Waals surface area contributed by atoms with Crippen molar-refractivity contribution in [3.05, 3.63) is 32.7 Å². The second-order valence-corrected chi connectivity index (χ2v) is 5.83. The van der Waals surface area contributed by atoms with Gasteiger partial charge in [0.05, 0.1) is 15.7 Å². The van der Waals surface area contributed by atoms with Crippen molar-refractivity contribution in [1.82, 2.24) is 15.5 Å². The molecule has 4 N–H and O–H groups in total. The Labute approximate surface area is 120 Å². The number of aryl methyl sites for hydroxylation is 1. The Kier molecular flexibility index (Phi) is 4.44. The first kappa shape index (κ1) is 13.9. The molecule has 0 bridgehead atoms. The van der Waals surface area contributed by atoms with Crippen molar-refractivity contribution in [1.29, 1.82) is 0 Å². The highest BCUT2D eigenvalue weighted by atomic mass is 35.5. The predicted molar refractivity (Wildman–Crippen MR) is 77.7 cm³/mol. The summed E-state index contributed by atoms with van der Waals surface area (Å²) in [5.41, 5.74) is 7.31. The molecule has 2 aromatic heterocycles. The van der Waals surface area contributed by atoms with Crippen LogP contribution in [0.3, 0.4) is 0 Å². The Balaban J connectivity index is 1.89. The lowest BCUT2D eigenvalue weighted by Gasteiger charge is -2.02. The Bertz CT molecular complexity index is 578. The van der Waals surface area contributed by atoms with E-state index in [2.05, 4.69) is 15.5 Å². The number of aromatic amines is 1. The zero-order chi connectivity index (χ0) is 13.8. The molecule has 0 saturated carbocycles. The molecule has 0 aromatic carbocycles. The lowest BCUT2D eigenvalue weighted by Crippen LogP contribution is -2.26. The van der Waals surface area contributed by atoms with E-state index in [9.17, 15) is 4.79 Å². The van der Waals surface area contributed by atoms with Gasteiger partial charge in [0, 0.05) is 11.4 Å². The molecule has 19 heavy (non-hydrogen) atoms.